The Hall–Kier alpha value is -3.70. The van der Waals surface area contributed by atoms with Crippen molar-refractivity contribution in [1.82, 2.24) is 4.98 Å². The third kappa shape index (κ3) is 3.81. The average Bonchev–Trinajstić information content (AvgIpc) is 3.43. The normalized spacial score (nSPS) is 12.4. The molecule has 4 rings (SSSR count). The van der Waals surface area contributed by atoms with Gasteiger partial charge in [-0.2, -0.15) is 5.26 Å². The number of rotatable bonds is 6. The van der Waals surface area contributed by atoms with E-state index in [2.05, 4.69) is 16.4 Å². The molecule has 0 atom stereocenters. The summed E-state index contributed by atoms with van der Waals surface area (Å²) in [5.74, 6) is 2.73. The van der Waals surface area contributed by atoms with Crippen molar-refractivity contribution >= 4 is 22.6 Å². The fourth-order valence-electron chi connectivity index (χ4n) is 2.80. The van der Waals surface area contributed by atoms with Crippen LogP contribution >= 0.6 is 11.3 Å². The first-order valence-electron chi connectivity index (χ1n) is 8.66. The highest BCUT2D eigenvalue weighted by Gasteiger charge is 2.16. The first-order valence-corrected chi connectivity index (χ1v) is 9.54. The summed E-state index contributed by atoms with van der Waals surface area (Å²) >= 11 is 1.39. The number of nitrogens with zero attached hydrogens (tertiary/aromatic N) is 2. The minimum Gasteiger partial charge on any atom is -0.497 e. The summed E-state index contributed by atoms with van der Waals surface area (Å²) in [6, 6.07) is 13.2. The number of hydrogen-bond donors (Lipinski definition) is 1. The molecule has 0 radical (unpaired) electrons. The molecule has 1 N–H and O–H groups in total. The maximum Gasteiger partial charge on any atom is 0.231 e. The topological polar surface area (TPSA) is 85.6 Å². The number of nitriles is 1. The molecule has 1 aromatic heterocycles. The highest BCUT2D eigenvalue weighted by atomic mass is 32.1. The summed E-state index contributed by atoms with van der Waals surface area (Å²) in [5.41, 5.74) is 2.76. The minimum absolute atomic E-state index is 0.224. The van der Waals surface area contributed by atoms with Gasteiger partial charge in [0.15, 0.2) is 11.5 Å². The van der Waals surface area contributed by atoms with Crippen LogP contribution in [0.3, 0.4) is 0 Å². The second-order valence-electron chi connectivity index (χ2n) is 5.99. The van der Waals surface area contributed by atoms with E-state index in [1.807, 2.05) is 23.6 Å². The van der Waals surface area contributed by atoms with E-state index in [4.69, 9.17) is 18.9 Å². The van der Waals surface area contributed by atoms with E-state index < -0.39 is 0 Å². The number of nitrogens with one attached hydrogen (secondary N) is 1. The molecule has 146 valence electrons. The monoisotopic (exact) mass is 407 g/mol. The van der Waals surface area contributed by atoms with E-state index in [1.165, 1.54) is 11.3 Å². The predicted octanol–water partition coefficient (Wildman–Crippen LogP) is 4.53. The van der Waals surface area contributed by atoms with Gasteiger partial charge in [0.1, 0.15) is 28.1 Å². The maximum absolute atomic E-state index is 9.61. The summed E-state index contributed by atoms with van der Waals surface area (Å²) < 4.78 is 21.4. The van der Waals surface area contributed by atoms with Crippen LogP contribution in [0.15, 0.2) is 48.0 Å². The number of methoxy groups -OCH3 is 2. The molecule has 0 fully saturated rings. The first-order chi connectivity index (χ1) is 14.2. The molecule has 29 heavy (non-hydrogen) atoms. The van der Waals surface area contributed by atoms with Gasteiger partial charge in [-0.1, -0.05) is 0 Å². The molecule has 1 aliphatic heterocycles. The summed E-state index contributed by atoms with van der Waals surface area (Å²) in [5, 5.41) is 15.2. The van der Waals surface area contributed by atoms with Crippen LogP contribution in [0, 0.1) is 11.3 Å². The Labute approximate surface area is 171 Å². The van der Waals surface area contributed by atoms with Crippen LogP contribution in [0.2, 0.25) is 0 Å². The maximum atomic E-state index is 9.61. The molecule has 3 aromatic rings. The lowest BCUT2D eigenvalue weighted by Gasteiger charge is -2.10. The number of ether oxygens (including phenoxy) is 4. The van der Waals surface area contributed by atoms with Gasteiger partial charge in [0.05, 0.1) is 25.6 Å². The lowest BCUT2D eigenvalue weighted by atomic mass is 10.1. The Morgan fingerprint density at radius 3 is 2.83 bits per heavy atom. The van der Waals surface area contributed by atoms with Gasteiger partial charge < -0.3 is 24.3 Å². The van der Waals surface area contributed by atoms with E-state index >= 15 is 0 Å². The van der Waals surface area contributed by atoms with Crippen LogP contribution in [0.1, 0.15) is 5.01 Å². The molecule has 2 aromatic carbocycles. The van der Waals surface area contributed by atoms with Gasteiger partial charge in [-0.3, -0.25) is 0 Å². The largest absolute Gasteiger partial charge is 0.497 e. The Morgan fingerprint density at radius 1 is 1.17 bits per heavy atom. The van der Waals surface area contributed by atoms with Crippen LogP contribution < -0.4 is 24.3 Å². The van der Waals surface area contributed by atoms with Gasteiger partial charge in [-0.05, 0) is 30.3 Å². The number of allylic oxidation sites excluding steroid dienone is 1. The molecule has 1 aliphatic rings. The van der Waals surface area contributed by atoms with Crippen molar-refractivity contribution in [2.24, 2.45) is 0 Å². The van der Waals surface area contributed by atoms with E-state index in [-0.39, 0.29) is 6.79 Å². The fourth-order valence-corrected chi connectivity index (χ4v) is 3.60. The van der Waals surface area contributed by atoms with E-state index in [1.54, 1.807) is 38.6 Å². The number of benzene rings is 2. The Balaban J connectivity index is 1.58. The van der Waals surface area contributed by atoms with Crippen molar-refractivity contribution in [3.05, 3.63) is 53.0 Å². The van der Waals surface area contributed by atoms with E-state index in [0.717, 1.165) is 17.0 Å². The molecular weight excluding hydrogens is 390 g/mol. The summed E-state index contributed by atoms with van der Waals surface area (Å²) in [6.07, 6.45) is 1.61. The van der Waals surface area contributed by atoms with Crippen LogP contribution in [0.5, 0.6) is 23.0 Å². The van der Waals surface area contributed by atoms with Gasteiger partial charge in [0.2, 0.25) is 6.79 Å². The Kier molecular flexibility index (Phi) is 5.22. The van der Waals surface area contributed by atoms with Crippen LogP contribution in [0.25, 0.3) is 16.8 Å². The highest BCUT2D eigenvalue weighted by Crippen LogP contribution is 2.36. The molecule has 0 amide bonds. The number of aromatic nitrogens is 1. The molecule has 0 unspecified atom stereocenters. The highest BCUT2D eigenvalue weighted by molar-refractivity contribution is 7.11. The summed E-state index contributed by atoms with van der Waals surface area (Å²) in [6.45, 7) is 0.224. The molecule has 0 saturated heterocycles. The Morgan fingerprint density at radius 2 is 2.03 bits per heavy atom. The fraction of sp³-hybridized carbons (Fsp3) is 0.143. The van der Waals surface area contributed by atoms with Gasteiger partial charge in [-0.15, -0.1) is 11.3 Å². The van der Waals surface area contributed by atoms with Crippen molar-refractivity contribution in [2.45, 2.75) is 0 Å². The molecule has 8 heteroatoms. The van der Waals surface area contributed by atoms with Gasteiger partial charge in [0, 0.05) is 23.2 Å². The van der Waals surface area contributed by atoms with Gasteiger partial charge >= 0.3 is 0 Å². The summed E-state index contributed by atoms with van der Waals surface area (Å²) in [7, 11) is 3.18. The van der Waals surface area contributed by atoms with Crippen LogP contribution in [0.4, 0.5) is 5.69 Å². The minimum atomic E-state index is 0.224. The van der Waals surface area contributed by atoms with Crippen molar-refractivity contribution in [3.63, 3.8) is 0 Å². The lowest BCUT2D eigenvalue weighted by Crippen LogP contribution is -1.96. The molecule has 0 saturated carbocycles. The average molecular weight is 407 g/mol. The molecule has 7 nitrogen and oxygen atoms in total. The predicted molar refractivity (Wildman–Crippen MR) is 110 cm³/mol. The van der Waals surface area contributed by atoms with Gasteiger partial charge in [0.25, 0.3) is 0 Å². The molecule has 2 heterocycles. The molecule has 0 spiro atoms. The van der Waals surface area contributed by atoms with Crippen molar-refractivity contribution < 1.29 is 18.9 Å². The zero-order valence-electron chi connectivity index (χ0n) is 15.8. The third-order valence-electron chi connectivity index (χ3n) is 4.30. The first kappa shape index (κ1) is 18.7. The lowest BCUT2D eigenvalue weighted by molar-refractivity contribution is 0.174. The van der Waals surface area contributed by atoms with Crippen molar-refractivity contribution in [1.29, 1.82) is 5.26 Å². The van der Waals surface area contributed by atoms with Gasteiger partial charge in [-0.25, -0.2) is 4.98 Å². The SMILES string of the molecule is COc1ccc(OC)c(NC=C(C#N)c2nc(-c3ccc4c(c3)OCO4)cs2)c1. The van der Waals surface area contributed by atoms with Crippen LogP contribution in [-0.2, 0) is 0 Å². The number of anilines is 1. The second kappa shape index (κ2) is 8.12. The third-order valence-corrected chi connectivity index (χ3v) is 5.18. The summed E-state index contributed by atoms with van der Waals surface area (Å²) in [4.78, 5) is 4.60. The van der Waals surface area contributed by atoms with Crippen molar-refractivity contribution in [2.75, 3.05) is 26.3 Å². The Bertz CT molecular complexity index is 1120. The molecule has 0 aliphatic carbocycles. The van der Waals surface area contributed by atoms with E-state index in [0.29, 0.717) is 33.5 Å². The zero-order chi connectivity index (χ0) is 20.2. The number of fused-ring (bicyclic) bond motifs is 1. The smallest absolute Gasteiger partial charge is 0.231 e. The standard InChI is InChI=1S/C21H17N3O4S/c1-25-15-4-6-18(26-2)16(8-15)23-10-14(9-22)21-24-17(11-29-21)13-3-5-19-20(7-13)28-12-27-19/h3-8,10-11,23H,12H2,1-2H3. The second-order valence-corrected chi connectivity index (χ2v) is 6.84. The number of thiazole rings is 1. The quantitative estimate of drug-likeness (QED) is 0.601. The van der Waals surface area contributed by atoms with Crippen molar-refractivity contribution in [3.8, 4) is 40.3 Å². The zero-order valence-corrected chi connectivity index (χ0v) is 16.6. The number of hydrogen-bond acceptors (Lipinski definition) is 8. The van der Waals surface area contributed by atoms with E-state index in [9.17, 15) is 5.26 Å². The molecule has 0 bridgehead atoms. The van der Waals surface area contributed by atoms with Crippen LogP contribution in [-0.4, -0.2) is 26.0 Å². The molecular formula is C21H17N3O4S.